The van der Waals surface area contributed by atoms with E-state index in [2.05, 4.69) is 21.1 Å². The number of hydrazone groups is 2. The van der Waals surface area contributed by atoms with Gasteiger partial charge in [0.25, 0.3) is 40.5 Å². The first-order valence-corrected chi connectivity index (χ1v) is 20.8. The maximum atomic E-state index is 13.3. The van der Waals surface area contributed by atoms with E-state index in [1.807, 2.05) is 0 Å². The maximum Gasteiger partial charge on any atom is 0.296 e. The van der Waals surface area contributed by atoms with Gasteiger partial charge >= 0.3 is 0 Å². The zero-order chi connectivity index (χ0) is 41.1. The minimum Gasteiger partial charge on any atom is -0.506 e. The number of allylic oxidation sites excluding steroid dienone is 2. The Bertz CT molecular complexity index is 2820. The minimum absolute atomic E-state index is 0.223. The number of nitrogens with zero attached hydrogens (tertiary/aromatic N) is 2. The summed E-state index contributed by atoms with van der Waals surface area (Å²) in [5.41, 5.74) is 0.710. The van der Waals surface area contributed by atoms with Gasteiger partial charge in [-0.05, 0) is 70.8 Å². The Morgan fingerprint density at radius 2 is 0.839 bits per heavy atom. The molecule has 0 heterocycles. The summed E-state index contributed by atoms with van der Waals surface area (Å²) in [5.74, 6) is -3.76. The van der Waals surface area contributed by atoms with E-state index in [1.54, 1.807) is 0 Å². The normalized spacial score (nSPS) is 16.2. The standard InChI is InChI=1S/C32H22N4O16S4/c37-21-11-15(7-9-19(21)33-35-29-25(55(47,48)49)13-17-3-1-5-23(53(41,42)43)27(17)31(29)39)16-8-10-20(22(38)12-16)34-36-30-26(56(50,51)52)14-18-4-2-6-24(54(44,45)46)28(18)32(30)40/h1-14,33-34,37-38H,(H,41,42,43)(H,44,45,46)(H,47,48,49)(H,50,51,52). The van der Waals surface area contributed by atoms with Crippen LogP contribution in [0, 0.1) is 0 Å². The fourth-order valence-corrected chi connectivity index (χ4v) is 8.34. The molecular formula is C32H22N4O16S4. The fourth-order valence-electron chi connectivity index (χ4n) is 5.58. The summed E-state index contributed by atoms with van der Waals surface area (Å²) in [4.78, 5) is 22.9. The van der Waals surface area contributed by atoms with Crippen molar-refractivity contribution in [3.8, 4) is 22.6 Å². The average molecular weight is 847 g/mol. The van der Waals surface area contributed by atoms with Crippen LogP contribution in [0.5, 0.6) is 11.5 Å². The van der Waals surface area contributed by atoms with Gasteiger partial charge in [-0.1, -0.05) is 36.4 Å². The summed E-state index contributed by atoms with van der Waals surface area (Å²) < 4.78 is 135. The van der Waals surface area contributed by atoms with E-state index < -0.39 is 106 Å². The van der Waals surface area contributed by atoms with Crippen molar-refractivity contribution in [1.29, 1.82) is 0 Å². The molecule has 290 valence electrons. The molecule has 0 unspecified atom stereocenters. The van der Waals surface area contributed by atoms with Gasteiger partial charge in [0, 0.05) is 0 Å². The van der Waals surface area contributed by atoms with E-state index in [9.17, 15) is 71.7 Å². The zero-order valence-corrected chi connectivity index (χ0v) is 30.6. The molecule has 8 N–H and O–H groups in total. The largest absolute Gasteiger partial charge is 0.506 e. The summed E-state index contributed by atoms with van der Waals surface area (Å²) in [6.45, 7) is 0. The molecular weight excluding hydrogens is 825 g/mol. The third kappa shape index (κ3) is 7.57. The molecule has 0 spiro atoms. The van der Waals surface area contributed by atoms with Gasteiger partial charge in [-0.25, -0.2) is 0 Å². The molecule has 4 aromatic carbocycles. The lowest BCUT2D eigenvalue weighted by molar-refractivity contribution is 0.105. The van der Waals surface area contributed by atoms with Crippen molar-refractivity contribution in [2.24, 2.45) is 10.2 Å². The number of nitrogens with one attached hydrogen (secondary N) is 2. The number of carbonyl (C=O) groups is 2. The molecule has 0 radical (unpaired) electrons. The Balaban J connectivity index is 1.28. The minimum atomic E-state index is -5.14. The molecule has 0 atom stereocenters. The van der Waals surface area contributed by atoms with Crippen LogP contribution in [-0.2, 0) is 40.5 Å². The van der Waals surface area contributed by atoms with Crippen LogP contribution in [0.2, 0.25) is 0 Å². The Labute approximate surface area is 315 Å². The molecule has 4 aromatic rings. The molecule has 56 heavy (non-hydrogen) atoms. The molecule has 0 amide bonds. The number of hydrogen-bond donors (Lipinski definition) is 8. The number of rotatable bonds is 9. The van der Waals surface area contributed by atoms with E-state index in [4.69, 9.17) is 0 Å². The van der Waals surface area contributed by atoms with Crippen LogP contribution < -0.4 is 10.9 Å². The fraction of sp³-hybridized carbons (Fsp3) is 0. The number of aromatic hydroxyl groups is 2. The second-order valence-electron chi connectivity index (χ2n) is 11.6. The van der Waals surface area contributed by atoms with Crippen LogP contribution in [0.15, 0.2) is 103 Å². The lowest BCUT2D eigenvalue weighted by Gasteiger charge is -2.18. The van der Waals surface area contributed by atoms with Crippen LogP contribution in [0.4, 0.5) is 11.4 Å². The van der Waals surface area contributed by atoms with Crippen molar-refractivity contribution in [2.75, 3.05) is 10.9 Å². The average Bonchev–Trinajstić information content (AvgIpc) is 3.09. The summed E-state index contributed by atoms with van der Waals surface area (Å²) in [6, 6.07) is 13.7. The summed E-state index contributed by atoms with van der Waals surface area (Å²) in [7, 11) is -20.2. The van der Waals surface area contributed by atoms with Gasteiger partial charge in [-0.15, -0.1) is 0 Å². The Kier molecular flexibility index (Phi) is 9.80. The van der Waals surface area contributed by atoms with Crippen LogP contribution in [0.3, 0.4) is 0 Å². The lowest BCUT2D eigenvalue weighted by Crippen LogP contribution is -2.28. The van der Waals surface area contributed by atoms with Crippen LogP contribution in [0.25, 0.3) is 23.3 Å². The quantitative estimate of drug-likeness (QED) is 0.0681. The number of anilines is 2. The predicted octanol–water partition coefficient (Wildman–Crippen LogP) is 3.04. The molecule has 0 aromatic heterocycles. The van der Waals surface area contributed by atoms with Gasteiger partial charge in [-0.3, -0.25) is 38.7 Å². The van der Waals surface area contributed by atoms with Crippen molar-refractivity contribution in [3.05, 3.63) is 105 Å². The van der Waals surface area contributed by atoms with Crippen molar-refractivity contribution in [3.63, 3.8) is 0 Å². The number of fused-ring (bicyclic) bond motifs is 2. The van der Waals surface area contributed by atoms with Crippen molar-refractivity contribution in [2.45, 2.75) is 9.79 Å². The molecule has 0 bridgehead atoms. The first kappa shape index (κ1) is 39.6. The molecule has 24 heteroatoms. The molecule has 0 fully saturated rings. The van der Waals surface area contributed by atoms with Crippen LogP contribution in [0.1, 0.15) is 31.8 Å². The highest BCUT2D eigenvalue weighted by Gasteiger charge is 2.38. The smallest absolute Gasteiger partial charge is 0.296 e. The van der Waals surface area contributed by atoms with Crippen molar-refractivity contribution in [1.82, 2.24) is 0 Å². The molecule has 20 nitrogen and oxygen atoms in total. The molecule has 0 saturated carbocycles. The molecule has 2 aliphatic carbocycles. The first-order valence-electron chi connectivity index (χ1n) is 15.0. The number of Topliss-reactive ketones (excluding diaryl/α,β-unsaturated/α-hetero) is 2. The highest BCUT2D eigenvalue weighted by molar-refractivity contribution is 7.91. The summed E-state index contributed by atoms with van der Waals surface area (Å²) in [5, 5.41) is 28.8. The summed E-state index contributed by atoms with van der Waals surface area (Å²) >= 11 is 0. The number of ketones is 2. The Morgan fingerprint density at radius 3 is 1.14 bits per heavy atom. The van der Waals surface area contributed by atoms with Crippen LogP contribution in [-0.4, -0.2) is 85.1 Å². The number of benzene rings is 4. The maximum absolute atomic E-state index is 13.3. The van der Waals surface area contributed by atoms with Gasteiger partial charge in [0.15, 0.2) is 11.4 Å². The molecule has 0 aliphatic heterocycles. The third-order valence-corrected chi connectivity index (χ3v) is 11.6. The van der Waals surface area contributed by atoms with Crippen molar-refractivity contribution < 1.29 is 71.7 Å². The zero-order valence-electron chi connectivity index (χ0n) is 27.4. The topological polar surface area (TPSA) is 341 Å². The van der Waals surface area contributed by atoms with Crippen LogP contribution >= 0.6 is 0 Å². The molecule has 0 saturated heterocycles. The Hall–Kier alpha value is -6.12. The van der Waals surface area contributed by atoms with Crippen molar-refractivity contribution >= 4 is 87.0 Å². The monoisotopic (exact) mass is 846 g/mol. The van der Waals surface area contributed by atoms with E-state index in [0.717, 1.165) is 60.7 Å². The molecule has 6 rings (SSSR count). The first-order chi connectivity index (χ1) is 26.0. The second-order valence-corrected chi connectivity index (χ2v) is 17.2. The SMILES string of the molecule is O=C1C(=NNc2ccc(-c3ccc(NN=C4C(=O)c5c(cccc5S(=O)(=O)O)C=C4S(=O)(=O)O)c(O)c3)cc2O)C(S(=O)(=O)O)=Cc2cccc(S(=O)(=O)O)c21. The van der Waals surface area contributed by atoms with E-state index in [-0.39, 0.29) is 33.6 Å². The number of phenols is 2. The van der Waals surface area contributed by atoms with Gasteiger partial charge in [0.1, 0.15) is 31.1 Å². The van der Waals surface area contributed by atoms with E-state index in [1.165, 1.54) is 24.3 Å². The predicted molar refractivity (Wildman–Crippen MR) is 198 cm³/mol. The highest BCUT2D eigenvalue weighted by atomic mass is 32.2. The van der Waals surface area contributed by atoms with Gasteiger partial charge < -0.3 is 10.2 Å². The number of phenolic OH excluding ortho intramolecular Hbond substituents is 2. The second kappa shape index (κ2) is 13.9. The van der Waals surface area contributed by atoms with E-state index in [0.29, 0.717) is 0 Å². The van der Waals surface area contributed by atoms with Gasteiger partial charge in [0.2, 0.25) is 11.6 Å². The van der Waals surface area contributed by atoms with Gasteiger partial charge in [0.05, 0.1) is 22.5 Å². The lowest BCUT2D eigenvalue weighted by atomic mass is 9.94. The highest BCUT2D eigenvalue weighted by Crippen LogP contribution is 2.36. The summed E-state index contributed by atoms with van der Waals surface area (Å²) in [6.07, 6.45) is 1.52. The number of hydrogen-bond acceptors (Lipinski definition) is 16. The number of carbonyl (C=O) groups excluding carboxylic acids is 2. The molecule has 2 aliphatic rings. The third-order valence-electron chi connectivity index (χ3n) is 8.06. The Morgan fingerprint density at radius 1 is 0.482 bits per heavy atom. The van der Waals surface area contributed by atoms with Gasteiger partial charge in [-0.2, -0.15) is 43.9 Å². The van der Waals surface area contributed by atoms with E-state index >= 15 is 0 Å².